The lowest BCUT2D eigenvalue weighted by Gasteiger charge is -2.14. The molecule has 1 aliphatic heterocycles. The molecule has 0 aromatic heterocycles. The third kappa shape index (κ3) is 1.95. The standard InChI is InChI=1S/C7H15NO/c1-6-4-2-3-5-8-7(6)9/h6-9H,2-5H2,1H3. The molecule has 9 heavy (non-hydrogen) atoms. The van der Waals surface area contributed by atoms with Crippen molar-refractivity contribution in [2.45, 2.75) is 32.4 Å². The van der Waals surface area contributed by atoms with Crippen LogP contribution < -0.4 is 5.32 Å². The Morgan fingerprint density at radius 2 is 2.22 bits per heavy atom. The van der Waals surface area contributed by atoms with E-state index in [0.717, 1.165) is 13.0 Å². The zero-order valence-corrected chi connectivity index (χ0v) is 5.93. The summed E-state index contributed by atoms with van der Waals surface area (Å²) in [4.78, 5) is 0. The monoisotopic (exact) mass is 129 g/mol. The molecule has 0 aromatic rings. The fourth-order valence-electron chi connectivity index (χ4n) is 1.20. The predicted octanol–water partition coefficient (Wildman–Crippen LogP) is 0.714. The van der Waals surface area contributed by atoms with E-state index < -0.39 is 0 Å². The van der Waals surface area contributed by atoms with Crippen LogP contribution in [0, 0.1) is 5.92 Å². The van der Waals surface area contributed by atoms with Crippen molar-refractivity contribution in [1.29, 1.82) is 0 Å². The highest BCUT2D eigenvalue weighted by atomic mass is 16.3. The molecule has 1 fully saturated rings. The van der Waals surface area contributed by atoms with Gasteiger partial charge < -0.3 is 5.11 Å². The maximum atomic E-state index is 9.25. The van der Waals surface area contributed by atoms with E-state index in [0.29, 0.717) is 5.92 Å². The third-order valence-corrected chi connectivity index (χ3v) is 1.98. The molecule has 0 saturated carbocycles. The molecule has 0 radical (unpaired) electrons. The largest absolute Gasteiger partial charge is 0.378 e. The van der Waals surface area contributed by atoms with E-state index in [1.807, 2.05) is 0 Å². The van der Waals surface area contributed by atoms with E-state index in [4.69, 9.17) is 0 Å². The Morgan fingerprint density at radius 1 is 1.44 bits per heavy atom. The van der Waals surface area contributed by atoms with Crippen LogP contribution in [0.3, 0.4) is 0 Å². The number of hydrogen-bond donors (Lipinski definition) is 2. The molecular weight excluding hydrogens is 114 g/mol. The van der Waals surface area contributed by atoms with Crippen molar-refractivity contribution in [2.24, 2.45) is 5.92 Å². The van der Waals surface area contributed by atoms with Crippen LogP contribution in [0.2, 0.25) is 0 Å². The van der Waals surface area contributed by atoms with Crippen molar-refractivity contribution < 1.29 is 5.11 Å². The average Bonchev–Trinajstić information content (AvgIpc) is 1.99. The molecular formula is C7H15NO. The highest BCUT2D eigenvalue weighted by molar-refractivity contribution is 4.66. The van der Waals surface area contributed by atoms with Gasteiger partial charge in [-0.05, 0) is 25.3 Å². The summed E-state index contributed by atoms with van der Waals surface area (Å²) in [6.45, 7) is 3.06. The summed E-state index contributed by atoms with van der Waals surface area (Å²) >= 11 is 0. The number of rotatable bonds is 0. The van der Waals surface area contributed by atoms with Crippen LogP contribution in [0.25, 0.3) is 0 Å². The zero-order chi connectivity index (χ0) is 6.69. The Morgan fingerprint density at radius 3 is 3.00 bits per heavy atom. The third-order valence-electron chi connectivity index (χ3n) is 1.98. The van der Waals surface area contributed by atoms with Gasteiger partial charge in [-0.1, -0.05) is 13.3 Å². The molecule has 2 unspecified atom stereocenters. The fraction of sp³-hybridized carbons (Fsp3) is 1.00. The topological polar surface area (TPSA) is 32.3 Å². The van der Waals surface area contributed by atoms with Gasteiger partial charge in [-0.2, -0.15) is 0 Å². The van der Waals surface area contributed by atoms with Crippen molar-refractivity contribution in [3.63, 3.8) is 0 Å². The number of aliphatic hydroxyl groups is 1. The first-order chi connectivity index (χ1) is 4.30. The Hall–Kier alpha value is -0.0800. The van der Waals surface area contributed by atoms with Gasteiger partial charge in [0.05, 0.1) is 0 Å². The van der Waals surface area contributed by atoms with Gasteiger partial charge in [0.15, 0.2) is 0 Å². The van der Waals surface area contributed by atoms with Crippen molar-refractivity contribution in [3.05, 3.63) is 0 Å². The highest BCUT2D eigenvalue weighted by Gasteiger charge is 2.15. The van der Waals surface area contributed by atoms with Gasteiger partial charge in [0.25, 0.3) is 0 Å². The maximum absolute atomic E-state index is 9.25. The molecule has 1 heterocycles. The molecule has 0 aliphatic carbocycles. The summed E-state index contributed by atoms with van der Waals surface area (Å²) in [5.41, 5.74) is 0. The molecule has 2 nitrogen and oxygen atoms in total. The predicted molar refractivity (Wildman–Crippen MR) is 37.0 cm³/mol. The zero-order valence-electron chi connectivity index (χ0n) is 5.93. The van der Waals surface area contributed by atoms with Gasteiger partial charge in [-0.25, -0.2) is 0 Å². The van der Waals surface area contributed by atoms with Gasteiger partial charge >= 0.3 is 0 Å². The first-order valence-corrected chi connectivity index (χ1v) is 3.72. The van der Waals surface area contributed by atoms with Crippen LogP contribution >= 0.6 is 0 Å². The van der Waals surface area contributed by atoms with E-state index in [9.17, 15) is 5.11 Å². The molecule has 1 saturated heterocycles. The molecule has 1 rings (SSSR count). The summed E-state index contributed by atoms with van der Waals surface area (Å²) in [5.74, 6) is 0.437. The molecule has 0 amide bonds. The minimum absolute atomic E-state index is 0.257. The molecule has 0 bridgehead atoms. The summed E-state index contributed by atoms with van der Waals surface area (Å²) in [5, 5.41) is 12.3. The van der Waals surface area contributed by atoms with Crippen LogP contribution in [-0.2, 0) is 0 Å². The van der Waals surface area contributed by atoms with Crippen molar-refractivity contribution >= 4 is 0 Å². The van der Waals surface area contributed by atoms with Crippen molar-refractivity contribution in [2.75, 3.05) is 6.54 Å². The summed E-state index contributed by atoms with van der Waals surface area (Å²) in [6.07, 6.45) is 3.37. The second-order valence-corrected chi connectivity index (χ2v) is 2.87. The van der Waals surface area contributed by atoms with Gasteiger partial charge in [0.1, 0.15) is 6.23 Å². The Kier molecular flexibility index (Phi) is 2.49. The summed E-state index contributed by atoms with van der Waals surface area (Å²) in [7, 11) is 0. The molecule has 1 aliphatic rings. The lowest BCUT2D eigenvalue weighted by Crippen LogP contribution is -2.32. The lowest BCUT2D eigenvalue weighted by molar-refractivity contribution is 0.0880. The minimum atomic E-state index is -0.257. The maximum Gasteiger partial charge on any atom is 0.107 e. The Labute approximate surface area is 56.3 Å². The summed E-state index contributed by atoms with van der Waals surface area (Å²) in [6, 6.07) is 0. The van der Waals surface area contributed by atoms with E-state index in [1.165, 1.54) is 12.8 Å². The number of hydrogen-bond acceptors (Lipinski definition) is 2. The molecule has 2 heteroatoms. The van der Waals surface area contributed by atoms with E-state index in [2.05, 4.69) is 12.2 Å². The highest BCUT2D eigenvalue weighted by Crippen LogP contribution is 2.13. The first kappa shape index (κ1) is 7.03. The van der Waals surface area contributed by atoms with Crippen LogP contribution in [0.4, 0.5) is 0 Å². The fourth-order valence-corrected chi connectivity index (χ4v) is 1.20. The van der Waals surface area contributed by atoms with E-state index in [1.54, 1.807) is 0 Å². The second kappa shape index (κ2) is 3.18. The van der Waals surface area contributed by atoms with E-state index in [-0.39, 0.29) is 6.23 Å². The molecule has 0 spiro atoms. The van der Waals surface area contributed by atoms with Crippen LogP contribution in [0.1, 0.15) is 26.2 Å². The number of nitrogens with one attached hydrogen (secondary N) is 1. The van der Waals surface area contributed by atoms with Gasteiger partial charge in [0.2, 0.25) is 0 Å². The average molecular weight is 129 g/mol. The van der Waals surface area contributed by atoms with Crippen molar-refractivity contribution in [3.8, 4) is 0 Å². The van der Waals surface area contributed by atoms with Crippen LogP contribution in [0.5, 0.6) is 0 Å². The normalized spacial score (nSPS) is 38.0. The van der Waals surface area contributed by atoms with Crippen molar-refractivity contribution in [1.82, 2.24) is 5.32 Å². The van der Waals surface area contributed by atoms with Crippen LogP contribution in [0.15, 0.2) is 0 Å². The number of aliphatic hydroxyl groups excluding tert-OH is 1. The lowest BCUT2D eigenvalue weighted by atomic mass is 10.1. The minimum Gasteiger partial charge on any atom is -0.378 e. The van der Waals surface area contributed by atoms with Gasteiger partial charge in [-0.15, -0.1) is 0 Å². The second-order valence-electron chi connectivity index (χ2n) is 2.87. The van der Waals surface area contributed by atoms with Gasteiger partial charge in [-0.3, -0.25) is 5.32 Å². The van der Waals surface area contributed by atoms with Gasteiger partial charge in [0, 0.05) is 0 Å². The Balaban J connectivity index is 2.32. The molecule has 54 valence electrons. The smallest absolute Gasteiger partial charge is 0.107 e. The first-order valence-electron chi connectivity index (χ1n) is 3.72. The molecule has 2 N–H and O–H groups in total. The summed E-state index contributed by atoms with van der Waals surface area (Å²) < 4.78 is 0. The molecule has 0 aromatic carbocycles. The Bertz CT molecular complexity index is 75.0. The SMILES string of the molecule is CC1CCCCNC1O. The quantitative estimate of drug-likeness (QED) is 0.505. The van der Waals surface area contributed by atoms with E-state index >= 15 is 0 Å². The molecule has 2 atom stereocenters. The van der Waals surface area contributed by atoms with Crippen LogP contribution in [-0.4, -0.2) is 17.9 Å².